The van der Waals surface area contributed by atoms with Gasteiger partial charge in [0.2, 0.25) is 0 Å². The molecule has 2 atom stereocenters. The van der Waals surface area contributed by atoms with Gasteiger partial charge in [-0.2, -0.15) is 5.10 Å². The number of aryl methyl sites for hydroxylation is 1. The van der Waals surface area contributed by atoms with Crippen molar-refractivity contribution in [3.63, 3.8) is 0 Å². The lowest BCUT2D eigenvalue weighted by Crippen LogP contribution is -2.35. The molecule has 2 unspecified atom stereocenters. The molecule has 5 heteroatoms. The second-order valence-corrected chi connectivity index (χ2v) is 5.72. The number of rotatable bonds is 7. The summed E-state index contributed by atoms with van der Waals surface area (Å²) in [6.07, 6.45) is 4.91. The summed E-state index contributed by atoms with van der Waals surface area (Å²) in [5.74, 6) is 0.399. The average Bonchev–Trinajstić information content (AvgIpc) is 2.93. The molecule has 0 aliphatic rings. The molecule has 21 heavy (non-hydrogen) atoms. The van der Waals surface area contributed by atoms with E-state index in [1.165, 1.54) is 5.56 Å². The van der Waals surface area contributed by atoms with Gasteiger partial charge >= 0.3 is 0 Å². The van der Waals surface area contributed by atoms with Gasteiger partial charge in [0.1, 0.15) is 0 Å². The van der Waals surface area contributed by atoms with Crippen LogP contribution < -0.4 is 5.32 Å². The summed E-state index contributed by atoms with van der Waals surface area (Å²) in [5.41, 5.74) is 2.23. The molecule has 2 N–H and O–H groups in total. The zero-order valence-corrected chi connectivity index (χ0v) is 12.9. The molecule has 0 aromatic carbocycles. The largest absolute Gasteiger partial charge is 0.390 e. The first-order valence-corrected chi connectivity index (χ1v) is 7.38. The maximum atomic E-state index is 10.1. The first-order valence-electron chi connectivity index (χ1n) is 7.38. The molecule has 0 saturated carbocycles. The number of nitrogens with zero attached hydrogens (tertiary/aromatic N) is 3. The Morgan fingerprint density at radius 3 is 2.71 bits per heavy atom. The van der Waals surface area contributed by atoms with Crippen LogP contribution >= 0.6 is 0 Å². The molecule has 2 heterocycles. The molecule has 0 spiro atoms. The van der Waals surface area contributed by atoms with E-state index in [2.05, 4.69) is 42.2 Å². The lowest BCUT2D eigenvalue weighted by Gasteiger charge is -2.25. The summed E-state index contributed by atoms with van der Waals surface area (Å²) in [7, 11) is 0. The van der Waals surface area contributed by atoms with Gasteiger partial charge in [0.05, 0.1) is 24.4 Å². The Bertz CT molecular complexity index is 539. The highest BCUT2D eigenvalue weighted by atomic mass is 16.3. The summed E-state index contributed by atoms with van der Waals surface area (Å²) in [5, 5.41) is 17.7. The second-order valence-electron chi connectivity index (χ2n) is 5.72. The van der Waals surface area contributed by atoms with E-state index in [4.69, 9.17) is 0 Å². The quantitative estimate of drug-likeness (QED) is 0.817. The minimum absolute atomic E-state index is 0.137. The van der Waals surface area contributed by atoms with E-state index in [1.807, 2.05) is 24.5 Å². The van der Waals surface area contributed by atoms with Crippen molar-refractivity contribution < 1.29 is 5.11 Å². The van der Waals surface area contributed by atoms with Crippen molar-refractivity contribution in [2.45, 2.75) is 39.5 Å². The fourth-order valence-electron chi connectivity index (χ4n) is 2.42. The van der Waals surface area contributed by atoms with Crippen LogP contribution in [0.5, 0.6) is 0 Å². The van der Waals surface area contributed by atoms with Gasteiger partial charge in [-0.25, -0.2) is 0 Å². The van der Waals surface area contributed by atoms with Crippen molar-refractivity contribution in [2.24, 2.45) is 5.92 Å². The molecule has 2 rings (SSSR count). The smallest absolute Gasteiger partial charge is 0.0860 e. The number of nitrogens with one attached hydrogen (secondary N) is 1. The third kappa shape index (κ3) is 4.37. The zero-order valence-electron chi connectivity index (χ0n) is 12.9. The molecule has 2 aromatic rings. The molecule has 0 amide bonds. The standard InChI is InChI=1S/C16H24N4O/c1-12(2)15(16-13(3)6-4-7-17-16)18-10-14(21)11-20-9-5-8-19-20/h4-9,12,14-15,18,21H,10-11H2,1-3H3. The molecule has 0 radical (unpaired) electrons. The third-order valence-corrected chi connectivity index (χ3v) is 3.54. The number of hydrogen-bond acceptors (Lipinski definition) is 4. The Morgan fingerprint density at radius 1 is 1.29 bits per heavy atom. The molecule has 114 valence electrons. The maximum Gasteiger partial charge on any atom is 0.0860 e. The molecule has 0 aliphatic carbocycles. The predicted octanol–water partition coefficient (Wildman–Crippen LogP) is 1.93. The van der Waals surface area contributed by atoms with Crippen LogP contribution in [-0.2, 0) is 6.54 Å². The van der Waals surface area contributed by atoms with Crippen LogP contribution in [-0.4, -0.2) is 32.5 Å². The number of aliphatic hydroxyl groups excluding tert-OH is 1. The number of aromatic nitrogens is 3. The van der Waals surface area contributed by atoms with Crippen molar-refractivity contribution in [1.29, 1.82) is 0 Å². The molecule has 0 fully saturated rings. The van der Waals surface area contributed by atoms with Gasteiger partial charge in [-0.05, 0) is 30.5 Å². The van der Waals surface area contributed by atoms with E-state index in [9.17, 15) is 5.11 Å². The van der Waals surface area contributed by atoms with E-state index in [0.717, 1.165) is 5.69 Å². The van der Waals surface area contributed by atoms with E-state index in [0.29, 0.717) is 19.0 Å². The van der Waals surface area contributed by atoms with Gasteiger partial charge in [-0.15, -0.1) is 0 Å². The van der Waals surface area contributed by atoms with E-state index < -0.39 is 6.10 Å². The highest BCUT2D eigenvalue weighted by Gasteiger charge is 2.19. The second kappa shape index (κ2) is 7.33. The first-order chi connectivity index (χ1) is 10.1. The minimum atomic E-state index is -0.477. The van der Waals surface area contributed by atoms with Crippen LogP contribution in [0.4, 0.5) is 0 Å². The average molecular weight is 288 g/mol. The predicted molar refractivity (Wildman–Crippen MR) is 82.8 cm³/mol. The summed E-state index contributed by atoms with van der Waals surface area (Å²) in [6, 6.07) is 6.01. The highest BCUT2D eigenvalue weighted by Crippen LogP contribution is 2.22. The lowest BCUT2D eigenvalue weighted by atomic mass is 9.97. The van der Waals surface area contributed by atoms with Gasteiger partial charge < -0.3 is 10.4 Å². The molecule has 5 nitrogen and oxygen atoms in total. The van der Waals surface area contributed by atoms with Crippen molar-refractivity contribution in [1.82, 2.24) is 20.1 Å². The van der Waals surface area contributed by atoms with Crippen LogP contribution in [0.15, 0.2) is 36.8 Å². The van der Waals surface area contributed by atoms with Gasteiger partial charge in [-0.1, -0.05) is 19.9 Å². The monoisotopic (exact) mass is 288 g/mol. The summed E-state index contributed by atoms with van der Waals surface area (Å²) in [4.78, 5) is 4.49. The summed E-state index contributed by atoms with van der Waals surface area (Å²) >= 11 is 0. The third-order valence-electron chi connectivity index (χ3n) is 3.54. The Morgan fingerprint density at radius 2 is 2.10 bits per heavy atom. The fourth-order valence-corrected chi connectivity index (χ4v) is 2.42. The maximum absolute atomic E-state index is 10.1. The summed E-state index contributed by atoms with van der Waals surface area (Å²) in [6.45, 7) is 7.39. The number of pyridine rings is 1. The zero-order chi connectivity index (χ0) is 15.2. The van der Waals surface area contributed by atoms with Crippen LogP contribution in [0.1, 0.15) is 31.1 Å². The Labute approximate surface area is 126 Å². The van der Waals surface area contributed by atoms with E-state index >= 15 is 0 Å². The van der Waals surface area contributed by atoms with Gasteiger partial charge in [0.25, 0.3) is 0 Å². The van der Waals surface area contributed by atoms with E-state index in [-0.39, 0.29) is 6.04 Å². The Balaban J connectivity index is 1.96. The van der Waals surface area contributed by atoms with Crippen molar-refractivity contribution in [3.05, 3.63) is 48.0 Å². The van der Waals surface area contributed by atoms with Crippen LogP contribution in [0.3, 0.4) is 0 Å². The number of hydrogen-bond donors (Lipinski definition) is 2. The first kappa shape index (κ1) is 15.7. The Kier molecular flexibility index (Phi) is 5.47. The van der Waals surface area contributed by atoms with Gasteiger partial charge in [-0.3, -0.25) is 9.67 Å². The van der Waals surface area contributed by atoms with Gasteiger partial charge in [0.15, 0.2) is 0 Å². The lowest BCUT2D eigenvalue weighted by molar-refractivity contribution is 0.139. The van der Waals surface area contributed by atoms with Crippen LogP contribution in [0.25, 0.3) is 0 Å². The molecular weight excluding hydrogens is 264 g/mol. The minimum Gasteiger partial charge on any atom is -0.390 e. The topological polar surface area (TPSA) is 63.0 Å². The highest BCUT2D eigenvalue weighted by molar-refractivity contribution is 5.21. The van der Waals surface area contributed by atoms with Crippen LogP contribution in [0, 0.1) is 12.8 Å². The Hall–Kier alpha value is -1.72. The van der Waals surface area contributed by atoms with Crippen molar-refractivity contribution in [2.75, 3.05) is 6.54 Å². The molecule has 2 aromatic heterocycles. The van der Waals surface area contributed by atoms with E-state index in [1.54, 1.807) is 10.9 Å². The number of aliphatic hydroxyl groups is 1. The van der Waals surface area contributed by atoms with Crippen LogP contribution in [0.2, 0.25) is 0 Å². The molecule has 0 bridgehead atoms. The molecule has 0 saturated heterocycles. The normalized spacial score (nSPS) is 14.3. The van der Waals surface area contributed by atoms with Crippen molar-refractivity contribution >= 4 is 0 Å². The summed E-state index contributed by atoms with van der Waals surface area (Å²) < 4.78 is 1.74. The van der Waals surface area contributed by atoms with Crippen molar-refractivity contribution in [3.8, 4) is 0 Å². The van der Waals surface area contributed by atoms with Gasteiger partial charge in [0, 0.05) is 25.1 Å². The fraction of sp³-hybridized carbons (Fsp3) is 0.500. The molecular formula is C16H24N4O. The molecule has 0 aliphatic heterocycles. The SMILES string of the molecule is Cc1cccnc1C(NCC(O)Cn1cccn1)C(C)C.